The molecule has 3 heteroatoms. The largest absolute Gasteiger partial charge is 0.330 e. The molecule has 0 saturated carbocycles. The number of nitrogens with zero attached hydrogens (tertiary/aromatic N) is 2. The van der Waals surface area contributed by atoms with Crippen LogP contribution in [0.4, 0.5) is 0 Å². The molecule has 1 aromatic rings. The van der Waals surface area contributed by atoms with E-state index in [1.54, 1.807) is 6.92 Å². The molecular weight excluding hydrogens is 248 g/mol. The van der Waals surface area contributed by atoms with Crippen LogP contribution in [-0.2, 0) is 11.3 Å². The van der Waals surface area contributed by atoms with Gasteiger partial charge in [-0.3, -0.25) is 9.69 Å². The summed E-state index contributed by atoms with van der Waals surface area (Å²) in [5.74, 6) is 5.30. The number of benzene rings is 1. The summed E-state index contributed by atoms with van der Waals surface area (Å²) >= 11 is 0. The van der Waals surface area contributed by atoms with Crippen molar-refractivity contribution < 1.29 is 4.79 Å². The minimum atomic E-state index is -0.0367. The molecule has 1 amide bonds. The molecule has 0 spiro atoms. The second-order valence-electron chi connectivity index (χ2n) is 5.32. The van der Waals surface area contributed by atoms with Crippen molar-refractivity contribution in [1.82, 2.24) is 9.80 Å². The highest BCUT2D eigenvalue weighted by Crippen LogP contribution is 2.17. The van der Waals surface area contributed by atoms with Crippen LogP contribution in [-0.4, -0.2) is 41.9 Å². The molecule has 1 aromatic carbocycles. The first kappa shape index (κ1) is 14.6. The molecule has 2 rings (SSSR count). The Hall–Kier alpha value is -1.79. The molecule has 1 fully saturated rings. The fourth-order valence-electron chi connectivity index (χ4n) is 2.69. The van der Waals surface area contributed by atoms with Crippen molar-refractivity contribution in [3.05, 3.63) is 35.9 Å². The number of amides is 1. The molecular formula is C17H22N2O. The van der Waals surface area contributed by atoms with Gasteiger partial charge in [0.25, 0.3) is 5.91 Å². The summed E-state index contributed by atoms with van der Waals surface area (Å²) in [6.45, 7) is 4.26. The van der Waals surface area contributed by atoms with E-state index >= 15 is 0 Å². The molecule has 0 aromatic heterocycles. The molecule has 1 aliphatic rings. The molecule has 1 saturated heterocycles. The van der Waals surface area contributed by atoms with Gasteiger partial charge >= 0.3 is 0 Å². The molecule has 0 bridgehead atoms. The molecule has 1 aliphatic heterocycles. The predicted octanol–water partition coefficient (Wildman–Crippen LogP) is 2.13. The fraction of sp³-hybridized carbons (Fsp3) is 0.471. The van der Waals surface area contributed by atoms with Gasteiger partial charge < -0.3 is 4.90 Å². The molecule has 0 aliphatic carbocycles. The number of carbonyl (C=O) groups is 1. The monoisotopic (exact) mass is 270 g/mol. The average molecular weight is 270 g/mol. The van der Waals surface area contributed by atoms with Crippen LogP contribution < -0.4 is 0 Å². The summed E-state index contributed by atoms with van der Waals surface area (Å²) in [4.78, 5) is 16.1. The van der Waals surface area contributed by atoms with Crippen LogP contribution in [0.15, 0.2) is 30.3 Å². The highest BCUT2D eigenvalue weighted by molar-refractivity contribution is 5.93. The van der Waals surface area contributed by atoms with Crippen LogP contribution in [0.5, 0.6) is 0 Å². The Bertz CT molecular complexity index is 501. The molecule has 0 N–H and O–H groups in total. The Morgan fingerprint density at radius 1 is 1.40 bits per heavy atom. The normalized spacial score (nSPS) is 18.6. The average Bonchev–Trinajstić information content (AvgIpc) is 2.48. The van der Waals surface area contributed by atoms with E-state index in [0.717, 1.165) is 32.5 Å². The zero-order valence-corrected chi connectivity index (χ0v) is 12.3. The van der Waals surface area contributed by atoms with Gasteiger partial charge in [-0.1, -0.05) is 36.3 Å². The van der Waals surface area contributed by atoms with Crippen LogP contribution in [0, 0.1) is 11.8 Å². The summed E-state index contributed by atoms with van der Waals surface area (Å²) in [7, 11) is 2.14. The van der Waals surface area contributed by atoms with Gasteiger partial charge in [0.05, 0.1) is 0 Å². The van der Waals surface area contributed by atoms with Gasteiger partial charge in [0.1, 0.15) is 0 Å². The maximum absolute atomic E-state index is 11.9. The second kappa shape index (κ2) is 7.12. The first-order valence-corrected chi connectivity index (χ1v) is 7.16. The number of hydrogen-bond donors (Lipinski definition) is 0. The summed E-state index contributed by atoms with van der Waals surface area (Å²) in [5, 5.41) is 0. The Balaban J connectivity index is 1.94. The van der Waals surface area contributed by atoms with E-state index in [4.69, 9.17) is 0 Å². The lowest BCUT2D eigenvalue weighted by Gasteiger charge is -2.37. The third-order valence-corrected chi connectivity index (χ3v) is 3.81. The van der Waals surface area contributed by atoms with E-state index in [1.165, 1.54) is 5.56 Å². The maximum atomic E-state index is 11.9. The lowest BCUT2D eigenvalue weighted by molar-refractivity contribution is -0.127. The highest BCUT2D eigenvalue weighted by Gasteiger charge is 2.25. The number of hydrogen-bond acceptors (Lipinski definition) is 2. The summed E-state index contributed by atoms with van der Waals surface area (Å²) in [6.07, 6.45) is 2.20. The topological polar surface area (TPSA) is 23.6 Å². The van der Waals surface area contributed by atoms with Crippen molar-refractivity contribution in [2.24, 2.45) is 0 Å². The summed E-state index contributed by atoms with van der Waals surface area (Å²) in [6, 6.07) is 10.9. The lowest BCUT2D eigenvalue weighted by Crippen LogP contribution is -2.48. The van der Waals surface area contributed by atoms with Crippen molar-refractivity contribution in [2.45, 2.75) is 32.4 Å². The van der Waals surface area contributed by atoms with Gasteiger partial charge in [0.15, 0.2) is 0 Å². The van der Waals surface area contributed by atoms with E-state index in [1.807, 2.05) is 11.0 Å². The minimum absolute atomic E-state index is 0.0367. The Morgan fingerprint density at radius 3 is 2.85 bits per heavy atom. The lowest BCUT2D eigenvalue weighted by atomic mass is 10.0. The maximum Gasteiger partial charge on any atom is 0.298 e. The van der Waals surface area contributed by atoms with Crippen molar-refractivity contribution in [3.8, 4) is 11.8 Å². The minimum Gasteiger partial charge on any atom is -0.330 e. The standard InChI is InChI=1S/C17H22N2O/c1-3-8-17(20)19-12-7-11-16(14-19)18(2)13-15-9-5-4-6-10-15/h4-6,9-10,16H,7,11-14H2,1-2H3. The van der Waals surface area contributed by atoms with Crippen LogP contribution in [0.2, 0.25) is 0 Å². The quantitative estimate of drug-likeness (QED) is 0.786. The third kappa shape index (κ3) is 3.85. The van der Waals surface area contributed by atoms with Gasteiger partial charge in [-0.25, -0.2) is 0 Å². The Morgan fingerprint density at radius 2 is 2.15 bits per heavy atom. The zero-order valence-electron chi connectivity index (χ0n) is 12.3. The van der Waals surface area contributed by atoms with Gasteiger partial charge in [-0.15, -0.1) is 0 Å². The van der Waals surface area contributed by atoms with E-state index in [9.17, 15) is 4.79 Å². The Kier molecular flexibility index (Phi) is 5.20. The van der Waals surface area contributed by atoms with E-state index < -0.39 is 0 Å². The molecule has 20 heavy (non-hydrogen) atoms. The van der Waals surface area contributed by atoms with E-state index in [-0.39, 0.29) is 5.91 Å². The van der Waals surface area contributed by atoms with Crippen molar-refractivity contribution in [1.29, 1.82) is 0 Å². The Labute approximate surface area is 121 Å². The number of rotatable bonds is 3. The van der Waals surface area contributed by atoms with Gasteiger partial charge in [-0.05, 0) is 38.3 Å². The summed E-state index contributed by atoms with van der Waals surface area (Å²) in [5.41, 5.74) is 1.31. The van der Waals surface area contributed by atoms with Crippen LogP contribution in [0.3, 0.4) is 0 Å². The van der Waals surface area contributed by atoms with Crippen molar-refractivity contribution in [3.63, 3.8) is 0 Å². The SMILES string of the molecule is CC#CC(=O)N1CCCC(N(C)Cc2ccccc2)C1. The van der Waals surface area contributed by atoms with Crippen LogP contribution in [0.25, 0.3) is 0 Å². The van der Waals surface area contributed by atoms with Crippen molar-refractivity contribution in [2.75, 3.05) is 20.1 Å². The summed E-state index contributed by atoms with van der Waals surface area (Å²) < 4.78 is 0. The van der Waals surface area contributed by atoms with Crippen molar-refractivity contribution >= 4 is 5.91 Å². The van der Waals surface area contributed by atoms with E-state index in [2.05, 4.69) is 48.1 Å². The molecule has 3 nitrogen and oxygen atoms in total. The first-order chi connectivity index (χ1) is 9.70. The number of carbonyl (C=O) groups excluding carboxylic acids is 1. The second-order valence-corrected chi connectivity index (χ2v) is 5.32. The number of piperidine rings is 1. The van der Waals surface area contributed by atoms with Gasteiger partial charge in [0.2, 0.25) is 0 Å². The van der Waals surface area contributed by atoms with E-state index in [0.29, 0.717) is 6.04 Å². The third-order valence-electron chi connectivity index (χ3n) is 3.81. The smallest absolute Gasteiger partial charge is 0.298 e. The molecule has 1 unspecified atom stereocenters. The highest BCUT2D eigenvalue weighted by atomic mass is 16.2. The van der Waals surface area contributed by atoms with Crippen LogP contribution >= 0.6 is 0 Å². The van der Waals surface area contributed by atoms with Gasteiger partial charge in [0, 0.05) is 25.7 Å². The first-order valence-electron chi connectivity index (χ1n) is 7.16. The molecule has 1 heterocycles. The van der Waals surface area contributed by atoms with Gasteiger partial charge in [-0.2, -0.15) is 0 Å². The molecule has 1 atom stereocenters. The predicted molar refractivity (Wildman–Crippen MR) is 81.0 cm³/mol. The molecule has 106 valence electrons. The number of likely N-dealkylation sites (tertiary alicyclic amines) is 1. The zero-order chi connectivity index (χ0) is 14.4. The fourth-order valence-corrected chi connectivity index (χ4v) is 2.69. The van der Waals surface area contributed by atoms with Crippen LogP contribution in [0.1, 0.15) is 25.3 Å². The molecule has 0 radical (unpaired) electrons. The number of likely N-dealkylation sites (N-methyl/N-ethyl adjacent to an activating group) is 1.